The van der Waals surface area contributed by atoms with Crippen molar-refractivity contribution in [3.63, 3.8) is 0 Å². The Morgan fingerprint density at radius 2 is 2.19 bits per heavy atom. The maximum atomic E-state index is 12.3. The zero-order valence-corrected chi connectivity index (χ0v) is 12.5. The van der Waals surface area contributed by atoms with Crippen LogP contribution in [0.5, 0.6) is 0 Å². The van der Waals surface area contributed by atoms with Gasteiger partial charge in [0.15, 0.2) is 0 Å². The van der Waals surface area contributed by atoms with E-state index in [2.05, 4.69) is 5.32 Å². The minimum absolute atomic E-state index is 0.0852. The standard InChI is InChI=1S/C15H23F3N2O/c1-3-13-4-5-14(21-13)11(2)19-8-12-6-7-20(9-12)10-15(16,17)18/h4-5,11-12,19H,3,6-10H2,1-2H3/t11-,12-/m0/s1. The lowest BCUT2D eigenvalue weighted by atomic mass is 10.1. The molecule has 0 radical (unpaired) electrons. The van der Waals surface area contributed by atoms with E-state index in [1.165, 1.54) is 4.90 Å². The lowest BCUT2D eigenvalue weighted by Gasteiger charge is -2.19. The van der Waals surface area contributed by atoms with Gasteiger partial charge in [0, 0.05) is 13.0 Å². The normalized spacial score (nSPS) is 21.9. The van der Waals surface area contributed by atoms with Crippen LogP contribution in [-0.4, -0.2) is 37.3 Å². The number of furan rings is 1. The van der Waals surface area contributed by atoms with Crippen molar-refractivity contribution in [3.05, 3.63) is 23.7 Å². The quantitative estimate of drug-likeness (QED) is 0.873. The fourth-order valence-corrected chi connectivity index (χ4v) is 2.74. The molecule has 1 aliphatic heterocycles. The van der Waals surface area contributed by atoms with Crippen molar-refractivity contribution < 1.29 is 17.6 Å². The molecule has 1 aliphatic rings. The second-order valence-electron chi connectivity index (χ2n) is 5.79. The molecule has 2 heterocycles. The molecule has 1 N–H and O–H groups in total. The molecular formula is C15H23F3N2O. The van der Waals surface area contributed by atoms with E-state index in [1.807, 2.05) is 26.0 Å². The van der Waals surface area contributed by atoms with Crippen LogP contribution in [-0.2, 0) is 6.42 Å². The van der Waals surface area contributed by atoms with E-state index in [0.717, 1.165) is 30.9 Å². The van der Waals surface area contributed by atoms with Crippen LogP contribution in [0.25, 0.3) is 0 Å². The molecule has 2 rings (SSSR count). The number of aryl methyl sites for hydroxylation is 1. The Balaban J connectivity index is 1.74. The average molecular weight is 304 g/mol. The first-order chi connectivity index (χ1) is 9.87. The van der Waals surface area contributed by atoms with Gasteiger partial charge in [-0.3, -0.25) is 4.90 Å². The van der Waals surface area contributed by atoms with E-state index in [9.17, 15) is 13.2 Å². The van der Waals surface area contributed by atoms with Crippen LogP contribution >= 0.6 is 0 Å². The molecule has 0 unspecified atom stereocenters. The smallest absolute Gasteiger partial charge is 0.401 e. The summed E-state index contributed by atoms with van der Waals surface area (Å²) in [6.45, 7) is 5.02. The van der Waals surface area contributed by atoms with Crippen molar-refractivity contribution in [2.45, 2.75) is 38.9 Å². The predicted molar refractivity (Wildman–Crippen MR) is 75.1 cm³/mol. The zero-order chi connectivity index (χ0) is 15.5. The number of halogens is 3. The third-order valence-corrected chi connectivity index (χ3v) is 3.94. The van der Waals surface area contributed by atoms with Crippen LogP contribution < -0.4 is 5.32 Å². The van der Waals surface area contributed by atoms with E-state index < -0.39 is 12.7 Å². The minimum Gasteiger partial charge on any atom is -0.464 e. The lowest BCUT2D eigenvalue weighted by molar-refractivity contribution is -0.143. The molecule has 0 amide bonds. The fraction of sp³-hybridized carbons (Fsp3) is 0.733. The molecule has 120 valence electrons. The summed E-state index contributed by atoms with van der Waals surface area (Å²) >= 11 is 0. The van der Waals surface area contributed by atoms with E-state index in [4.69, 9.17) is 4.42 Å². The van der Waals surface area contributed by atoms with Crippen molar-refractivity contribution in [3.8, 4) is 0 Å². The summed E-state index contributed by atoms with van der Waals surface area (Å²) in [6.07, 6.45) is -2.42. The summed E-state index contributed by atoms with van der Waals surface area (Å²) in [6, 6.07) is 4.01. The van der Waals surface area contributed by atoms with Gasteiger partial charge < -0.3 is 9.73 Å². The highest BCUT2D eigenvalue weighted by Gasteiger charge is 2.34. The first kappa shape index (κ1) is 16.4. The predicted octanol–water partition coefficient (Wildman–Crippen LogP) is 3.38. The summed E-state index contributed by atoms with van der Waals surface area (Å²) in [7, 11) is 0. The van der Waals surface area contributed by atoms with Crippen LogP contribution in [0.3, 0.4) is 0 Å². The molecule has 1 saturated heterocycles. The minimum atomic E-state index is -4.10. The van der Waals surface area contributed by atoms with Crippen LogP contribution in [0.2, 0.25) is 0 Å². The topological polar surface area (TPSA) is 28.4 Å². The first-order valence-electron chi connectivity index (χ1n) is 7.48. The SMILES string of the molecule is CCc1ccc([C@H](C)NC[C@@H]2CCN(CC(F)(F)F)C2)o1. The Bertz CT molecular complexity index is 444. The molecule has 0 aromatic carbocycles. The molecule has 21 heavy (non-hydrogen) atoms. The molecular weight excluding hydrogens is 281 g/mol. The molecule has 0 aliphatic carbocycles. The number of rotatable bonds is 6. The van der Waals surface area contributed by atoms with Gasteiger partial charge in [-0.05, 0) is 44.5 Å². The molecule has 0 saturated carbocycles. The number of nitrogens with zero attached hydrogens (tertiary/aromatic N) is 1. The van der Waals surface area contributed by atoms with Crippen molar-refractivity contribution in [2.24, 2.45) is 5.92 Å². The molecule has 3 nitrogen and oxygen atoms in total. The highest BCUT2D eigenvalue weighted by atomic mass is 19.4. The summed E-state index contributed by atoms with van der Waals surface area (Å²) in [4.78, 5) is 1.49. The van der Waals surface area contributed by atoms with Crippen molar-refractivity contribution in [2.75, 3.05) is 26.2 Å². The van der Waals surface area contributed by atoms with Crippen LogP contribution in [0, 0.1) is 5.92 Å². The third kappa shape index (κ3) is 5.04. The van der Waals surface area contributed by atoms with Gasteiger partial charge in [-0.1, -0.05) is 6.92 Å². The second kappa shape index (κ2) is 6.83. The fourth-order valence-electron chi connectivity index (χ4n) is 2.74. The maximum absolute atomic E-state index is 12.3. The molecule has 6 heteroatoms. The second-order valence-corrected chi connectivity index (χ2v) is 5.79. The lowest BCUT2D eigenvalue weighted by Crippen LogP contribution is -2.34. The Hall–Kier alpha value is -1.01. The molecule has 2 atom stereocenters. The van der Waals surface area contributed by atoms with Gasteiger partial charge in [-0.15, -0.1) is 0 Å². The summed E-state index contributed by atoms with van der Waals surface area (Å²) < 4.78 is 42.7. The molecule has 1 fully saturated rings. The number of nitrogens with one attached hydrogen (secondary N) is 1. The number of hydrogen-bond acceptors (Lipinski definition) is 3. The van der Waals surface area contributed by atoms with Crippen molar-refractivity contribution >= 4 is 0 Å². The molecule has 1 aromatic heterocycles. The Kier molecular flexibility index (Phi) is 5.32. The van der Waals surface area contributed by atoms with E-state index in [-0.39, 0.29) is 12.0 Å². The van der Waals surface area contributed by atoms with Gasteiger partial charge in [-0.2, -0.15) is 13.2 Å². The summed E-state index contributed by atoms with van der Waals surface area (Å²) in [5.74, 6) is 2.11. The van der Waals surface area contributed by atoms with Crippen LogP contribution in [0.4, 0.5) is 13.2 Å². The highest BCUT2D eigenvalue weighted by Crippen LogP contribution is 2.23. The van der Waals surface area contributed by atoms with E-state index in [0.29, 0.717) is 13.1 Å². The van der Waals surface area contributed by atoms with E-state index >= 15 is 0 Å². The van der Waals surface area contributed by atoms with Gasteiger partial charge in [0.2, 0.25) is 0 Å². The van der Waals surface area contributed by atoms with Gasteiger partial charge in [0.1, 0.15) is 11.5 Å². The number of hydrogen-bond donors (Lipinski definition) is 1. The van der Waals surface area contributed by atoms with Crippen molar-refractivity contribution in [1.29, 1.82) is 0 Å². The molecule has 1 aromatic rings. The molecule has 0 bridgehead atoms. The van der Waals surface area contributed by atoms with Crippen LogP contribution in [0.15, 0.2) is 16.5 Å². The maximum Gasteiger partial charge on any atom is 0.401 e. The van der Waals surface area contributed by atoms with Gasteiger partial charge >= 0.3 is 6.18 Å². The summed E-state index contributed by atoms with van der Waals surface area (Å²) in [5.41, 5.74) is 0. The van der Waals surface area contributed by atoms with E-state index in [1.54, 1.807) is 0 Å². The zero-order valence-electron chi connectivity index (χ0n) is 12.5. The van der Waals surface area contributed by atoms with Gasteiger partial charge in [0.05, 0.1) is 12.6 Å². The average Bonchev–Trinajstić information content (AvgIpc) is 3.02. The number of likely N-dealkylation sites (tertiary alicyclic amines) is 1. The van der Waals surface area contributed by atoms with Crippen molar-refractivity contribution in [1.82, 2.24) is 10.2 Å². The van der Waals surface area contributed by atoms with Gasteiger partial charge in [0.25, 0.3) is 0 Å². The monoisotopic (exact) mass is 304 g/mol. The molecule has 0 spiro atoms. The third-order valence-electron chi connectivity index (χ3n) is 3.94. The Morgan fingerprint density at radius 1 is 1.43 bits per heavy atom. The first-order valence-corrected chi connectivity index (χ1v) is 7.48. The number of alkyl halides is 3. The Labute approximate surface area is 123 Å². The Morgan fingerprint density at radius 3 is 2.81 bits per heavy atom. The largest absolute Gasteiger partial charge is 0.464 e. The van der Waals surface area contributed by atoms with Gasteiger partial charge in [-0.25, -0.2) is 0 Å². The highest BCUT2D eigenvalue weighted by molar-refractivity contribution is 5.10. The summed E-state index contributed by atoms with van der Waals surface area (Å²) in [5, 5.41) is 3.36. The van der Waals surface area contributed by atoms with Crippen LogP contribution in [0.1, 0.15) is 37.8 Å².